The number of imidazole rings is 1. The topological polar surface area (TPSA) is 29.9 Å². The zero-order valence-electron chi connectivity index (χ0n) is 11.0. The molecule has 0 aliphatic heterocycles. The van der Waals surface area contributed by atoms with Crippen LogP contribution >= 0.6 is 27.5 Å². The highest BCUT2D eigenvalue weighted by Gasteiger charge is 2.15. The molecule has 0 spiro atoms. The van der Waals surface area contributed by atoms with Gasteiger partial charge in [0.05, 0.1) is 5.02 Å². The Hall–Kier alpha value is -0.840. The second-order valence-electron chi connectivity index (χ2n) is 4.48. The van der Waals surface area contributed by atoms with Crippen molar-refractivity contribution >= 4 is 27.5 Å². The van der Waals surface area contributed by atoms with E-state index in [9.17, 15) is 0 Å². The van der Waals surface area contributed by atoms with Crippen LogP contribution in [0.1, 0.15) is 23.9 Å². The summed E-state index contributed by atoms with van der Waals surface area (Å²) in [6.45, 7) is 0. The molecular formula is C14H17BrClN3. The van der Waals surface area contributed by atoms with Crippen LogP contribution in [0, 0.1) is 0 Å². The van der Waals surface area contributed by atoms with Gasteiger partial charge in [-0.25, -0.2) is 4.98 Å². The van der Waals surface area contributed by atoms with Crippen LogP contribution < -0.4 is 5.32 Å². The molecule has 1 aromatic carbocycles. The van der Waals surface area contributed by atoms with Gasteiger partial charge in [0.2, 0.25) is 0 Å². The molecule has 2 rings (SSSR count). The largest absolute Gasteiger partial charge is 0.338 e. The fourth-order valence-corrected chi connectivity index (χ4v) is 2.79. The van der Waals surface area contributed by atoms with Crippen molar-refractivity contribution in [3.05, 3.63) is 51.5 Å². The second kappa shape index (κ2) is 6.55. The van der Waals surface area contributed by atoms with Crippen LogP contribution in [-0.2, 0) is 13.5 Å². The summed E-state index contributed by atoms with van der Waals surface area (Å²) in [7, 11) is 3.98. The van der Waals surface area contributed by atoms with Gasteiger partial charge in [0.25, 0.3) is 0 Å². The van der Waals surface area contributed by atoms with Crippen molar-refractivity contribution in [3.8, 4) is 0 Å². The SMILES string of the molecule is CNC(CCc1nccn1C)c1cccc(Br)c1Cl. The average Bonchev–Trinajstić information content (AvgIpc) is 2.80. The maximum atomic E-state index is 6.35. The van der Waals surface area contributed by atoms with Gasteiger partial charge in [0.1, 0.15) is 5.82 Å². The first-order valence-corrected chi connectivity index (χ1v) is 7.38. The highest BCUT2D eigenvalue weighted by Crippen LogP contribution is 2.31. The molecule has 3 nitrogen and oxygen atoms in total. The van der Waals surface area contributed by atoms with E-state index in [1.165, 1.54) is 0 Å². The number of aromatic nitrogens is 2. The lowest BCUT2D eigenvalue weighted by Gasteiger charge is -2.18. The fraction of sp³-hybridized carbons (Fsp3) is 0.357. The summed E-state index contributed by atoms with van der Waals surface area (Å²) in [4.78, 5) is 4.35. The van der Waals surface area contributed by atoms with Gasteiger partial charge in [-0.1, -0.05) is 23.7 Å². The van der Waals surface area contributed by atoms with Gasteiger partial charge in [0.15, 0.2) is 0 Å². The first kappa shape index (κ1) is 14.6. The molecule has 1 unspecified atom stereocenters. The minimum absolute atomic E-state index is 0.224. The maximum Gasteiger partial charge on any atom is 0.108 e. The lowest BCUT2D eigenvalue weighted by Crippen LogP contribution is -2.18. The van der Waals surface area contributed by atoms with Crippen LogP contribution in [0.15, 0.2) is 35.1 Å². The molecule has 0 amide bonds. The monoisotopic (exact) mass is 341 g/mol. The number of hydrogen-bond donors (Lipinski definition) is 1. The van der Waals surface area contributed by atoms with Gasteiger partial charge in [0, 0.05) is 36.4 Å². The third kappa shape index (κ3) is 3.38. The van der Waals surface area contributed by atoms with E-state index in [4.69, 9.17) is 11.6 Å². The Labute approximate surface area is 127 Å². The van der Waals surface area contributed by atoms with E-state index in [1.54, 1.807) is 0 Å². The summed E-state index contributed by atoms with van der Waals surface area (Å²) >= 11 is 9.82. The highest BCUT2D eigenvalue weighted by atomic mass is 79.9. The molecule has 19 heavy (non-hydrogen) atoms. The van der Waals surface area contributed by atoms with E-state index in [2.05, 4.69) is 36.9 Å². The van der Waals surface area contributed by atoms with Crippen molar-refractivity contribution in [2.45, 2.75) is 18.9 Å². The predicted octanol–water partition coefficient (Wildman–Crippen LogP) is 3.73. The molecule has 2 aromatic rings. The zero-order valence-corrected chi connectivity index (χ0v) is 13.4. The lowest BCUT2D eigenvalue weighted by atomic mass is 10.0. The number of aryl methyl sites for hydroxylation is 2. The summed E-state index contributed by atoms with van der Waals surface area (Å²) in [5.41, 5.74) is 1.12. The molecule has 0 radical (unpaired) electrons. The highest BCUT2D eigenvalue weighted by molar-refractivity contribution is 9.10. The van der Waals surface area contributed by atoms with Crippen LogP contribution in [0.25, 0.3) is 0 Å². The Morgan fingerprint density at radius 2 is 2.26 bits per heavy atom. The van der Waals surface area contributed by atoms with Crippen molar-refractivity contribution in [1.29, 1.82) is 0 Å². The molecule has 0 saturated heterocycles. The zero-order chi connectivity index (χ0) is 13.8. The summed E-state index contributed by atoms with van der Waals surface area (Å²) < 4.78 is 2.99. The Kier molecular flexibility index (Phi) is 5.02. The first-order valence-electron chi connectivity index (χ1n) is 6.21. The first-order chi connectivity index (χ1) is 9.13. The number of nitrogens with one attached hydrogen (secondary N) is 1. The fourth-order valence-electron chi connectivity index (χ4n) is 2.16. The summed E-state index contributed by atoms with van der Waals surface area (Å²) in [5.74, 6) is 1.09. The number of hydrogen-bond acceptors (Lipinski definition) is 2. The third-order valence-electron chi connectivity index (χ3n) is 3.28. The minimum atomic E-state index is 0.224. The van der Waals surface area contributed by atoms with Gasteiger partial charge < -0.3 is 9.88 Å². The molecule has 1 atom stereocenters. The van der Waals surface area contributed by atoms with Crippen molar-refractivity contribution in [2.75, 3.05) is 7.05 Å². The van der Waals surface area contributed by atoms with Gasteiger partial charge in [-0.3, -0.25) is 0 Å². The normalized spacial score (nSPS) is 12.6. The summed E-state index contributed by atoms with van der Waals surface area (Å²) in [5, 5.41) is 4.11. The average molecular weight is 343 g/mol. The molecule has 0 aliphatic carbocycles. The van der Waals surface area contributed by atoms with Crippen LogP contribution in [0.3, 0.4) is 0 Å². The standard InChI is InChI=1S/C14H17BrClN3/c1-17-12(6-7-13-18-8-9-19(13)2)10-4-3-5-11(15)14(10)16/h3-5,8-9,12,17H,6-7H2,1-2H3. The van der Waals surface area contributed by atoms with E-state index in [-0.39, 0.29) is 6.04 Å². The number of nitrogens with zero attached hydrogens (tertiary/aromatic N) is 2. The Morgan fingerprint density at radius 3 is 2.89 bits per heavy atom. The van der Waals surface area contributed by atoms with Crippen LogP contribution in [0.2, 0.25) is 5.02 Å². The quantitative estimate of drug-likeness (QED) is 0.897. The Balaban J connectivity index is 2.12. The number of halogens is 2. The molecule has 0 aliphatic rings. The molecule has 0 fully saturated rings. The molecule has 1 aromatic heterocycles. The number of rotatable bonds is 5. The number of benzene rings is 1. The molecule has 1 heterocycles. The molecular weight excluding hydrogens is 326 g/mol. The van der Waals surface area contributed by atoms with Gasteiger partial charge >= 0.3 is 0 Å². The van der Waals surface area contributed by atoms with Gasteiger partial charge in [-0.2, -0.15) is 0 Å². The molecule has 102 valence electrons. The minimum Gasteiger partial charge on any atom is -0.338 e. The predicted molar refractivity (Wildman–Crippen MR) is 82.5 cm³/mol. The van der Waals surface area contributed by atoms with E-state index in [0.717, 1.165) is 33.7 Å². The van der Waals surface area contributed by atoms with E-state index < -0.39 is 0 Å². The second-order valence-corrected chi connectivity index (χ2v) is 5.71. The third-order valence-corrected chi connectivity index (χ3v) is 4.59. The van der Waals surface area contributed by atoms with Crippen LogP contribution in [0.4, 0.5) is 0 Å². The van der Waals surface area contributed by atoms with Gasteiger partial charge in [-0.05, 0) is 41.0 Å². The molecule has 5 heteroatoms. The molecule has 0 saturated carbocycles. The molecule has 1 N–H and O–H groups in total. The van der Waals surface area contributed by atoms with E-state index >= 15 is 0 Å². The summed E-state index contributed by atoms with van der Waals surface area (Å²) in [6, 6.07) is 6.25. The molecule has 0 bridgehead atoms. The van der Waals surface area contributed by atoms with Crippen molar-refractivity contribution in [1.82, 2.24) is 14.9 Å². The van der Waals surface area contributed by atoms with Crippen molar-refractivity contribution in [2.24, 2.45) is 7.05 Å². The maximum absolute atomic E-state index is 6.35. The smallest absolute Gasteiger partial charge is 0.108 e. The van der Waals surface area contributed by atoms with Gasteiger partial charge in [-0.15, -0.1) is 0 Å². The van der Waals surface area contributed by atoms with Crippen molar-refractivity contribution in [3.63, 3.8) is 0 Å². The Bertz CT molecular complexity index is 553. The van der Waals surface area contributed by atoms with Crippen molar-refractivity contribution < 1.29 is 0 Å². The van der Waals surface area contributed by atoms with E-state index in [0.29, 0.717) is 0 Å². The van der Waals surface area contributed by atoms with E-state index in [1.807, 2.05) is 38.6 Å². The Morgan fingerprint density at radius 1 is 1.47 bits per heavy atom. The van der Waals surface area contributed by atoms with Crippen LogP contribution in [0.5, 0.6) is 0 Å². The van der Waals surface area contributed by atoms with Crippen LogP contribution in [-0.4, -0.2) is 16.6 Å². The summed E-state index contributed by atoms with van der Waals surface area (Å²) in [6.07, 6.45) is 5.67. The lowest BCUT2D eigenvalue weighted by molar-refractivity contribution is 0.536.